The number of fused-ring (bicyclic) bond motifs is 1. The van der Waals surface area contributed by atoms with Gasteiger partial charge in [0.15, 0.2) is 0 Å². The summed E-state index contributed by atoms with van der Waals surface area (Å²) in [7, 11) is 0. The van der Waals surface area contributed by atoms with Crippen molar-refractivity contribution in [3.05, 3.63) is 48.8 Å². The van der Waals surface area contributed by atoms with Crippen molar-refractivity contribution in [1.29, 1.82) is 0 Å². The number of alkyl halides is 3. The van der Waals surface area contributed by atoms with E-state index in [2.05, 4.69) is 9.72 Å². The number of rotatable bonds is 4. The molecule has 0 aliphatic heterocycles. The maximum absolute atomic E-state index is 12.4. The average Bonchev–Trinajstić information content (AvgIpc) is 2.86. The predicted molar refractivity (Wildman–Crippen MR) is 88.1 cm³/mol. The number of hydrogen-bond donors (Lipinski definition) is 1. The Balaban J connectivity index is 1.94. The fourth-order valence-electron chi connectivity index (χ4n) is 2.66. The quantitative estimate of drug-likeness (QED) is 0.760. The summed E-state index contributed by atoms with van der Waals surface area (Å²) in [5.74, 6) is -0.266. The van der Waals surface area contributed by atoms with Crippen molar-refractivity contribution in [2.24, 2.45) is 0 Å². The summed E-state index contributed by atoms with van der Waals surface area (Å²) in [5, 5.41) is 9.95. The highest BCUT2D eigenvalue weighted by Gasteiger charge is 2.31. The van der Waals surface area contributed by atoms with Gasteiger partial charge in [0, 0.05) is 0 Å². The van der Waals surface area contributed by atoms with Crippen LogP contribution in [0.5, 0.6) is 5.75 Å². The van der Waals surface area contributed by atoms with E-state index in [1.165, 1.54) is 18.2 Å². The zero-order chi connectivity index (χ0) is 18.2. The van der Waals surface area contributed by atoms with Gasteiger partial charge in [-0.25, -0.2) is 4.98 Å². The summed E-state index contributed by atoms with van der Waals surface area (Å²) >= 11 is 0. The second-order valence-corrected chi connectivity index (χ2v) is 6.46. The van der Waals surface area contributed by atoms with Crippen molar-refractivity contribution in [2.45, 2.75) is 32.4 Å². The molecule has 1 heterocycles. The van der Waals surface area contributed by atoms with Crippen LogP contribution in [0.1, 0.15) is 13.8 Å². The standard InChI is InChI=1S/C18H17F3N2O2/c1-17(2,24)10-23-11-22-15-9-13(6-7-16(15)23)12-4-3-5-14(8-12)25-18(19,20)21/h3-9,11,24H,10H2,1-2H3. The Morgan fingerprint density at radius 2 is 1.80 bits per heavy atom. The molecule has 1 N–H and O–H groups in total. The molecule has 0 saturated heterocycles. The second kappa shape index (κ2) is 6.07. The van der Waals surface area contributed by atoms with Gasteiger partial charge >= 0.3 is 6.36 Å². The van der Waals surface area contributed by atoms with Gasteiger partial charge in [0.2, 0.25) is 0 Å². The number of hydrogen-bond acceptors (Lipinski definition) is 3. The van der Waals surface area contributed by atoms with Crippen LogP contribution in [0.2, 0.25) is 0 Å². The molecule has 2 aromatic carbocycles. The molecule has 0 fully saturated rings. The SMILES string of the molecule is CC(C)(O)Cn1cnc2cc(-c3cccc(OC(F)(F)F)c3)ccc21. The van der Waals surface area contributed by atoms with E-state index in [9.17, 15) is 18.3 Å². The highest BCUT2D eigenvalue weighted by molar-refractivity contribution is 5.82. The van der Waals surface area contributed by atoms with Gasteiger partial charge < -0.3 is 14.4 Å². The molecule has 7 heteroatoms. The molecule has 0 saturated carbocycles. The Labute approximate surface area is 142 Å². The minimum Gasteiger partial charge on any atom is -0.406 e. The number of ether oxygens (including phenoxy) is 1. The van der Waals surface area contributed by atoms with E-state index in [1.807, 2.05) is 10.6 Å². The molecule has 0 bridgehead atoms. The molecule has 0 atom stereocenters. The highest BCUT2D eigenvalue weighted by Crippen LogP contribution is 2.29. The third kappa shape index (κ3) is 4.30. The van der Waals surface area contributed by atoms with Crippen molar-refractivity contribution in [2.75, 3.05) is 0 Å². The monoisotopic (exact) mass is 350 g/mol. The maximum atomic E-state index is 12.4. The lowest BCUT2D eigenvalue weighted by atomic mass is 10.0. The lowest BCUT2D eigenvalue weighted by Gasteiger charge is -2.18. The van der Waals surface area contributed by atoms with E-state index in [0.29, 0.717) is 17.6 Å². The zero-order valence-electron chi connectivity index (χ0n) is 13.7. The van der Waals surface area contributed by atoms with Gasteiger partial charge in [-0.3, -0.25) is 0 Å². The highest BCUT2D eigenvalue weighted by atomic mass is 19.4. The van der Waals surface area contributed by atoms with Crippen LogP contribution in [-0.4, -0.2) is 26.6 Å². The van der Waals surface area contributed by atoms with Crippen molar-refractivity contribution in [3.8, 4) is 16.9 Å². The van der Waals surface area contributed by atoms with Gasteiger partial charge in [-0.05, 0) is 49.2 Å². The third-order valence-corrected chi connectivity index (χ3v) is 3.58. The summed E-state index contributed by atoms with van der Waals surface area (Å²) in [5.41, 5.74) is 1.99. The molecule has 0 radical (unpaired) electrons. The molecule has 0 unspecified atom stereocenters. The second-order valence-electron chi connectivity index (χ2n) is 6.46. The van der Waals surface area contributed by atoms with Crippen LogP contribution < -0.4 is 4.74 Å². The molecule has 4 nitrogen and oxygen atoms in total. The van der Waals surface area contributed by atoms with Crippen molar-refractivity contribution < 1.29 is 23.0 Å². The minimum absolute atomic E-state index is 0.266. The van der Waals surface area contributed by atoms with Crippen molar-refractivity contribution in [3.63, 3.8) is 0 Å². The normalized spacial score (nSPS) is 12.6. The molecular formula is C18H17F3N2O2. The van der Waals surface area contributed by atoms with Crippen molar-refractivity contribution >= 4 is 11.0 Å². The van der Waals surface area contributed by atoms with Gasteiger partial charge in [0.05, 0.1) is 29.5 Å². The predicted octanol–water partition coefficient (Wildman–Crippen LogP) is 4.37. The molecule has 3 aromatic rings. The maximum Gasteiger partial charge on any atom is 0.573 e. The van der Waals surface area contributed by atoms with Gasteiger partial charge in [0.25, 0.3) is 0 Å². The fourth-order valence-corrected chi connectivity index (χ4v) is 2.66. The number of halogens is 3. The Hall–Kier alpha value is -2.54. The molecule has 0 spiro atoms. The van der Waals surface area contributed by atoms with E-state index >= 15 is 0 Å². The lowest BCUT2D eigenvalue weighted by Crippen LogP contribution is -2.25. The molecule has 3 rings (SSSR count). The van der Waals surface area contributed by atoms with Crippen LogP contribution in [0.3, 0.4) is 0 Å². The van der Waals surface area contributed by atoms with Gasteiger partial charge in [-0.15, -0.1) is 13.2 Å². The first-order valence-corrected chi connectivity index (χ1v) is 7.64. The number of nitrogens with zero attached hydrogens (tertiary/aromatic N) is 2. The smallest absolute Gasteiger partial charge is 0.406 e. The lowest BCUT2D eigenvalue weighted by molar-refractivity contribution is -0.274. The summed E-state index contributed by atoms with van der Waals surface area (Å²) < 4.78 is 42.9. The molecule has 0 amide bonds. The van der Waals surface area contributed by atoms with Crippen LogP contribution in [-0.2, 0) is 6.54 Å². The largest absolute Gasteiger partial charge is 0.573 e. The Kier molecular flexibility index (Phi) is 4.20. The van der Waals surface area contributed by atoms with E-state index in [1.54, 1.807) is 38.4 Å². The third-order valence-electron chi connectivity index (χ3n) is 3.58. The molecule has 0 aliphatic carbocycles. The summed E-state index contributed by atoms with van der Waals surface area (Å²) in [4.78, 5) is 4.31. The molecule has 1 aromatic heterocycles. The van der Waals surface area contributed by atoms with Crippen molar-refractivity contribution in [1.82, 2.24) is 9.55 Å². The zero-order valence-corrected chi connectivity index (χ0v) is 13.7. The number of aliphatic hydroxyl groups is 1. The Morgan fingerprint density at radius 1 is 1.08 bits per heavy atom. The van der Waals surface area contributed by atoms with Crippen LogP contribution in [0, 0.1) is 0 Å². The molecular weight excluding hydrogens is 333 g/mol. The van der Waals surface area contributed by atoms with E-state index in [0.717, 1.165) is 11.1 Å². The van der Waals surface area contributed by atoms with Crippen LogP contribution in [0.15, 0.2) is 48.8 Å². The summed E-state index contributed by atoms with van der Waals surface area (Å²) in [6.07, 6.45) is -3.09. The summed E-state index contributed by atoms with van der Waals surface area (Å²) in [6.45, 7) is 3.80. The van der Waals surface area contributed by atoms with Gasteiger partial charge in [-0.1, -0.05) is 18.2 Å². The molecule has 132 valence electrons. The number of aromatic nitrogens is 2. The molecule has 0 aliphatic rings. The number of imidazole rings is 1. The molecule has 25 heavy (non-hydrogen) atoms. The van der Waals surface area contributed by atoms with E-state index in [-0.39, 0.29) is 5.75 Å². The van der Waals surface area contributed by atoms with Crippen LogP contribution >= 0.6 is 0 Å². The van der Waals surface area contributed by atoms with Crippen LogP contribution in [0.4, 0.5) is 13.2 Å². The van der Waals surface area contributed by atoms with Crippen LogP contribution in [0.25, 0.3) is 22.2 Å². The van der Waals surface area contributed by atoms with Gasteiger partial charge in [-0.2, -0.15) is 0 Å². The first-order valence-electron chi connectivity index (χ1n) is 7.64. The Morgan fingerprint density at radius 3 is 2.48 bits per heavy atom. The van der Waals surface area contributed by atoms with E-state index in [4.69, 9.17) is 0 Å². The Bertz CT molecular complexity index is 895. The van der Waals surface area contributed by atoms with Gasteiger partial charge in [0.1, 0.15) is 5.75 Å². The summed E-state index contributed by atoms with van der Waals surface area (Å²) in [6, 6.07) is 11.2. The topological polar surface area (TPSA) is 47.3 Å². The fraction of sp³-hybridized carbons (Fsp3) is 0.278. The average molecular weight is 350 g/mol. The first kappa shape index (κ1) is 17.3. The first-order chi connectivity index (χ1) is 11.6. The number of benzene rings is 2. The minimum atomic E-state index is -4.72. The van der Waals surface area contributed by atoms with E-state index < -0.39 is 12.0 Å².